The minimum absolute atomic E-state index is 0.214. The van der Waals surface area contributed by atoms with Crippen molar-refractivity contribution >= 4 is 11.6 Å². The van der Waals surface area contributed by atoms with E-state index < -0.39 is 0 Å². The van der Waals surface area contributed by atoms with Gasteiger partial charge in [0, 0.05) is 18.2 Å². The summed E-state index contributed by atoms with van der Waals surface area (Å²) in [5, 5.41) is 4.58. The van der Waals surface area contributed by atoms with E-state index in [1.807, 2.05) is 65.1 Å². The molecule has 6 nitrogen and oxygen atoms in total. The van der Waals surface area contributed by atoms with Gasteiger partial charge in [0.15, 0.2) is 12.4 Å². The number of ether oxygens (including phenoxy) is 1. The highest BCUT2D eigenvalue weighted by atomic mass is 16.5. The molecule has 0 fully saturated rings. The van der Waals surface area contributed by atoms with Crippen LogP contribution in [-0.4, -0.2) is 22.2 Å². The number of carbonyl (C=O) groups excluding carboxylic acids is 1. The highest BCUT2D eigenvalue weighted by molar-refractivity contribution is 5.67. The molecule has 0 aliphatic carbocycles. The quantitative estimate of drug-likeness (QED) is 0.526. The summed E-state index contributed by atoms with van der Waals surface area (Å²) in [4.78, 5) is 11.5. The van der Waals surface area contributed by atoms with Crippen LogP contribution >= 0.6 is 0 Å². The summed E-state index contributed by atoms with van der Waals surface area (Å²) >= 11 is 0. The minimum Gasteiger partial charge on any atom is -0.461 e. The highest BCUT2D eigenvalue weighted by Gasteiger charge is 2.19. The molecule has 0 aliphatic heterocycles. The first-order valence-electron chi connectivity index (χ1n) is 7.17. The summed E-state index contributed by atoms with van der Waals surface area (Å²) in [7, 11) is 1.98. The second-order valence-electron chi connectivity index (χ2n) is 4.95. The molecule has 0 saturated heterocycles. The van der Waals surface area contributed by atoms with Gasteiger partial charge in [-0.2, -0.15) is 4.57 Å². The van der Waals surface area contributed by atoms with Crippen LogP contribution in [0.5, 0.6) is 0 Å². The van der Waals surface area contributed by atoms with E-state index in [4.69, 9.17) is 4.74 Å². The van der Waals surface area contributed by atoms with Crippen molar-refractivity contribution < 1.29 is 18.7 Å². The predicted octanol–water partition coefficient (Wildman–Crippen LogP) is 0.676. The standard InChI is InChI=1S/C16H18N4O2/c1-3-22-15(21)12-19-10-7-13(8-11-19)16-17-20-9-5-4-6-14(20)18(16)2/h4-11H,3,12H2,1-2H3/q+2. The van der Waals surface area contributed by atoms with Gasteiger partial charge in [-0.1, -0.05) is 10.6 Å². The molecule has 0 aliphatic rings. The molecule has 0 amide bonds. The highest BCUT2D eigenvalue weighted by Crippen LogP contribution is 2.12. The lowest BCUT2D eigenvalue weighted by Crippen LogP contribution is -2.38. The lowest BCUT2D eigenvalue weighted by atomic mass is 10.2. The third-order valence-corrected chi connectivity index (χ3v) is 3.45. The molecule has 3 aromatic heterocycles. The Balaban J connectivity index is 1.88. The zero-order valence-corrected chi connectivity index (χ0v) is 12.6. The topological polar surface area (TPSA) is 51.4 Å². The summed E-state index contributed by atoms with van der Waals surface area (Å²) in [6, 6.07) is 9.84. The van der Waals surface area contributed by atoms with Crippen molar-refractivity contribution in [2.24, 2.45) is 7.05 Å². The van der Waals surface area contributed by atoms with E-state index in [2.05, 4.69) is 5.10 Å². The number of aromatic nitrogens is 4. The lowest BCUT2D eigenvalue weighted by molar-refractivity contribution is -0.686. The number of carbonyl (C=O) groups is 1. The number of pyridine rings is 2. The zero-order chi connectivity index (χ0) is 15.5. The van der Waals surface area contributed by atoms with Crippen molar-refractivity contribution in [1.82, 2.24) is 9.61 Å². The Bertz CT molecular complexity index is 809. The molecule has 3 aromatic rings. The SMILES string of the molecule is CCOC(=O)C[n+]1ccc(-c2nn3ccccc3[n+]2C)cc1. The normalized spacial score (nSPS) is 10.8. The molecule has 6 heteroatoms. The average Bonchev–Trinajstić information content (AvgIpc) is 2.86. The monoisotopic (exact) mass is 298 g/mol. The van der Waals surface area contributed by atoms with Gasteiger partial charge >= 0.3 is 11.8 Å². The molecule has 0 bridgehead atoms. The second kappa shape index (κ2) is 5.93. The van der Waals surface area contributed by atoms with Gasteiger partial charge < -0.3 is 4.74 Å². The van der Waals surface area contributed by atoms with E-state index in [0.717, 1.165) is 17.0 Å². The molecule has 112 valence electrons. The first-order chi connectivity index (χ1) is 10.7. The fraction of sp³-hybridized carbons (Fsp3) is 0.250. The van der Waals surface area contributed by atoms with Crippen LogP contribution in [0, 0.1) is 0 Å². The van der Waals surface area contributed by atoms with E-state index in [1.54, 1.807) is 11.5 Å². The first kappa shape index (κ1) is 14.2. The van der Waals surface area contributed by atoms with Crippen LogP contribution in [0.25, 0.3) is 17.0 Å². The Kier molecular flexibility index (Phi) is 3.82. The smallest absolute Gasteiger partial charge is 0.372 e. The maximum absolute atomic E-state index is 11.5. The van der Waals surface area contributed by atoms with Crippen molar-refractivity contribution in [3.05, 3.63) is 48.9 Å². The molecule has 0 aromatic carbocycles. The van der Waals surface area contributed by atoms with Gasteiger partial charge in [0.25, 0.3) is 5.65 Å². The molecular weight excluding hydrogens is 280 g/mol. The van der Waals surface area contributed by atoms with Gasteiger partial charge in [-0.05, 0) is 13.0 Å². The lowest BCUT2D eigenvalue weighted by Gasteiger charge is -1.98. The molecular formula is C16H18N4O2+2. The molecule has 3 heterocycles. The van der Waals surface area contributed by atoms with Crippen LogP contribution in [0.15, 0.2) is 48.9 Å². The number of hydrogen-bond acceptors (Lipinski definition) is 3. The third kappa shape index (κ3) is 2.67. The molecule has 3 rings (SSSR count). The first-order valence-corrected chi connectivity index (χ1v) is 7.17. The van der Waals surface area contributed by atoms with Gasteiger partial charge in [0.05, 0.1) is 24.3 Å². The third-order valence-electron chi connectivity index (χ3n) is 3.45. The molecule has 0 spiro atoms. The summed E-state index contributed by atoms with van der Waals surface area (Å²) in [6.45, 7) is 2.41. The van der Waals surface area contributed by atoms with E-state index in [0.29, 0.717) is 6.61 Å². The summed E-state index contributed by atoms with van der Waals surface area (Å²) in [5.41, 5.74) is 2.01. The second-order valence-corrected chi connectivity index (χ2v) is 4.95. The van der Waals surface area contributed by atoms with Gasteiger partial charge in [-0.15, -0.1) is 0 Å². The van der Waals surface area contributed by atoms with Crippen LogP contribution in [0.4, 0.5) is 0 Å². The van der Waals surface area contributed by atoms with Gasteiger partial charge in [-0.25, -0.2) is 9.36 Å². The van der Waals surface area contributed by atoms with E-state index in [1.165, 1.54) is 0 Å². The Morgan fingerprint density at radius 3 is 2.73 bits per heavy atom. The molecule has 0 saturated carbocycles. The van der Waals surface area contributed by atoms with Crippen LogP contribution in [0.1, 0.15) is 6.92 Å². The number of esters is 1. The minimum atomic E-state index is -0.237. The Labute approximate surface area is 128 Å². The Hall–Kier alpha value is -2.76. The number of rotatable bonds is 4. The number of fused-ring (bicyclic) bond motifs is 1. The van der Waals surface area contributed by atoms with Gasteiger partial charge in [0.2, 0.25) is 6.54 Å². The maximum atomic E-state index is 11.5. The van der Waals surface area contributed by atoms with Crippen LogP contribution < -0.4 is 9.13 Å². The number of aryl methyl sites for hydroxylation is 1. The maximum Gasteiger partial charge on any atom is 0.372 e. The van der Waals surface area contributed by atoms with E-state index in [9.17, 15) is 4.79 Å². The number of nitrogens with zero attached hydrogens (tertiary/aromatic N) is 4. The van der Waals surface area contributed by atoms with E-state index in [-0.39, 0.29) is 12.5 Å². The van der Waals surface area contributed by atoms with E-state index >= 15 is 0 Å². The van der Waals surface area contributed by atoms with Crippen LogP contribution in [0.2, 0.25) is 0 Å². The Morgan fingerprint density at radius 2 is 2.05 bits per heavy atom. The van der Waals surface area contributed by atoms with Gasteiger partial charge in [-0.3, -0.25) is 0 Å². The number of hydrogen-bond donors (Lipinski definition) is 0. The summed E-state index contributed by atoms with van der Waals surface area (Å²) in [6.07, 6.45) is 5.63. The fourth-order valence-corrected chi connectivity index (χ4v) is 2.37. The van der Waals surface area contributed by atoms with Crippen LogP contribution in [-0.2, 0) is 23.1 Å². The molecule has 0 atom stereocenters. The molecule has 0 N–H and O–H groups in total. The zero-order valence-electron chi connectivity index (χ0n) is 12.6. The van der Waals surface area contributed by atoms with Crippen molar-refractivity contribution in [1.29, 1.82) is 0 Å². The van der Waals surface area contributed by atoms with Crippen LogP contribution in [0.3, 0.4) is 0 Å². The van der Waals surface area contributed by atoms with Gasteiger partial charge in [0.1, 0.15) is 6.20 Å². The van der Waals surface area contributed by atoms with Crippen molar-refractivity contribution in [2.75, 3.05) is 6.61 Å². The molecule has 22 heavy (non-hydrogen) atoms. The molecule has 0 unspecified atom stereocenters. The van der Waals surface area contributed by atoms with Crippen molar-refractivity contribution in [3.8, 4) is 11.4 Å². The van der Waals surface area contributed by atoms with Crippen molar-refractivity contribution in [3.63, 3.8) is 0 Å². The summed E-state index contributed by atoms with van der Waals surface area (Å²) in [5.74, 6) is 0.632. The van der Waals surface area contributed by atoms with Crippen molar-refractivity contribution in [2.45, 2.75) is 13.5 Å². The largest absolute Gasteiger partial charge is 0.461 e. The Morgan fingerprint density at radius 1 is 1.27 bits per heavy atom. The predicted molar refractivity (Wildman–Crippen MR) is 78.6 cm³/mol. The summed E-state index contributed by atoms with van der Waals surface area (Å²) < 4.78 is 10.6. The average molecular weight is 298 g/mol. The molecule has 0 radical (unpaired) electrons. The fourth-order valence-electron chi connectivity index (χ4n) is 2.37.